The van der Waals surface area contributed by atoms with E-state index in [1.54, 1.807) is 48.5 Å². The lowest BCUT2D eigenvalue weighted by atomic mass is 9.94. The number of phenolic OH excluding ortho intramolecular Hbond substituents is 1. The zero-order valence-corrected chi connectivity index (χ0v) is 19.2. The molecule has 4 rings (SSSR count). The number of aliphatic hydroxyl groups excluding tert-OH is 1. The van der Waals surface area contributed by atoms with Crippen LogP contribution >= 0.6 is 11.6 Å². The number of likely N-dealkylation sites (tertiary alicyclic amines) is 1. The fraction of sp³-hybridized carbons (Fsp3) is 0.231. The van der Waals surface area contributed by atoms with Crippen molar-refractivity contribution in [2.24, 2.45) is 0 Å². The van der Waals surface area contributed by atoms with Crippen molar-refractivity contribution >= 4 is 39.8 Å². The van der Waals surface area contributed by atoms with Crippen LogP contribution < -0.4 is 0 Å². The molecule has 3 aromatic rings. The SMILES string of the molecule is CN(C)CCCN1C(=O)C(=O)C(=C(O)c2ccc3ccccc3c2O)C1c1cccc(Cl)c1. The number of rotatable bonds is 6. The molecule has 0 aliphatic carbocycles. The molecule has 6 nitrogen and oxygen atoms in total. The van der Waals surface area contributed by atoms with Crippen molar-refractivity contribution in [2.75, 3.05) is 27.2 Å². The lowest BCUT2D eigenvalue weighted by Gasteiger charge is -2.26. The van der Waals surface area contributed by atoms with Crippen LogP contribution in [0.1, 0.15) is 23.6 Å². The van der Waals surface area contributed by atoms with Gasteiger partial charge in [-0.05, 0) is 56.2 Å². The normalized spacial score (nSPS) is 17.9. The molecule has 1 atom stereocenters. The van der Waals surface area contributed by atoms with Gasteiger partial charge in [0.15, 0.2) is 0 Å². The van der Waals surface area contributed by atoms with Gasteiger partial charge < -0.3 is 20.0 Å². The average Bonchev–Trinajstić information content (AvgIpc) is 3.04. The number of benzene rings is 3. The summed E-state index contributed by atoms with van der Waals surface area (Å²) in [6.45, 7) is 1.07. The van der Waals surface area contributed by atoms with E-state index in [1.807, 2.05) is 31.1 Å². The third-order valence-electron chi connectivity index (χ3n) is 5.86. The number of nitrogens with zero attached hydrogens (tertiary/aromatic N) is 2. The predicted molar refractivity (Wildman–Crippen MR) is 129 cm³/mol. The molecule has 0 saturated carbocycles. The monoisotopic (exact) mass is 464 g/mol. The van der Waals surface area contributed by atoms with E-state index in [1.165, 1.54) is 4.90 Å². The maximum Gasteiger partial charge on any atom is 0.295 e. The maximum atomic E-state index is 13.1. The summed E-state index contributed by atoms with van der Waals surface area (Å²) in [5, 5.41) is 23.9. The topological polar surface area (TPSA) is 81.1 Å². The van der Waals surface area contributed by atoms with Crippen LogP contribution in [-0.2, 0) is 9.59 Å². The number of Topliss-reactive ketones (excluding diaryl/α,β-unsaturated/α-hetero) is 1. The molecule has 0 bridgehead atoms. The highest BCUT2D eigenvalue weighted by Gasteiger charge is 2.46. The first-order valence-electron chi connectivity index (χ1n) is 10.7. The summed E-state index contributed by atoms with van der Waals surface area (Å²) in [5.74, 6) is -2.01. The van der Waals surface area contributed by atoms with Crippen LogP contribution in [-0.4, -0.2) is 58.9 Å². The molecule has 33 heavy (non-hydrogen) atoms. The van der Waals surface area contributed by atoms with Crippen molar-refractivity contribution in [1.82, 2.24) is 9.80 Å². The van der Waals surface area contributed by atoms with Crippen LogP contribution in [0.5, 0.6) is 5.75 Å². The third kappa shape index (κ3) is 4.32. The minimum Gasteiger partial charge on any atom is -0.507 e. The smallest absolute Gasteiger partial charge is 0.295 e. The minimum atomic E-state index is -0.809. The molecule has 1 unspecified atom stereocenters. The van der Waals surface area contributed by atoms with Crippen LogP contribution in [0.2, 0.25) is 5.02 Å². The quantitative estimate of drug-likeness (QED) is 0.317. The van der Waals surface area contributed by atoms with Gasteiger partial charge >= 0.3 is 0 Å². The third-order valence-corrected chi connectivity index (χ3v) is 6.10. The van der Waals surface area contributed by atoms with Crippen LogP contribution in [0.25, 0.3) is 16.5 Å². The molecule has 0 aromatic heterocycles. The van der Waals surface area contributed by atoms with Gasteiger partial charge in [-0.15, -0.1) is 0 Å². The van der Waals surface area contributed by atoms with Gasteiger partial charge in [0, 0.05) is 17.0 Å². The first-order chi connectivity index (χ1) is 15.8. The summed E-state index contributed by atoms with van der Waals surface area (Å²) in [5.41, 5.74) is 0.665. The molecular weight excluding hydrogens is 440 g/mol. The molecule has 1 heterocycles. The van der Waals surface area contributed by atoms with Gasteiger partial charge in [-0.1, -0.05) is 54.1 Å². The minimum absolute atomic E-state index is 0.0577. The van der Waals surface area contributed by atoms with Crippen LogP contribution in [0.3, 0.4) is 0 Å². The highest BCUT2D eigenvalue weighted by molar-refractivity contribution is 6.46. The molecule has 7 heteroatoms. The molecule has 1 fully saturated rings. The number of fused-ring (bicyclic) bond motifs is 1. The molecule has 3 aromatic carbocycles. The molecule has 0 spiro atoms. The van der Waals surface area contributed by atoms with Crippen LogP contribution in [0.15, 0.2) is 66.2 Å². The fourth-order valence-electron chi connectivity index (χ4n) is 4.28. The Labute approximate surface area is 197 Å². The Morgan fingerprint density at radius 1 is 1.06 bits per heavy atom. The predicted octanol–water partition coefficient (Wildman–Crippen LogP) is 4.57. The summed E-state index contributed by atoms with van der Waals surface area (Å²) < 4.78 is 0. The number of phenols is 1. The van der Waals surface area contributed by atoms with Gasteiger partial charge in [-0.2, -0.15) is 0 Å². The molecule has 1 aliphatic heterocycles. The second kappa shape index (κ2) is 9.25. The molecular formula is C26H25ClN2O4. The van der Waals surface area contributed by atoms with Crippen molar-refractivity contribution in [3.63, 3.8) is 0 Å². The van der Waals surface area contributed by atoms with E-state index in [9.17, 15) is 19.8 Å². The van der Waals surface area contributed by atoms with Crippen molar-refractivity contribution < 1.29 is 19.8 Å². The number of aliphatic hydroxyl groups is 1. The maximum absolute atomic E-state index is 13.1. The molecule has 170 valence electrons. The van der Waals surface area contributed by atoms with Crippen LogP contribution in [0.4, 0.5) is 0 Å². The van der Waals surface area contributed by atoms with Crippen LogP contribution in [0, 0.1) is 0 Å². The summed E-state index contributed by atoms with van der Waals surface area (Å²) in [4.78, 5) is 29.6. The number of amides is 1. The standard InChI is InChI=1S/C26H25ClN2O4/c1-28(2)13-6-14-29-22(17-8-5-9-18(27)15-17)21(25(32)26(29)33)24(31)20-12-11-16-7-3-4-10-19(16)23(20)30/h3-5,7-12,15,22,30-31H,6,13-14H2,1-2H3. The Morgan fingerprint density at radius 3 is 2.55 bits per heavy atom. The van der Waals surface area contributed by atoms with Crippen molar-refractivity contribution in [3.05, 3.63) is 82.4 Å². The molecule has 1 amide bonds. The summed E-state index contributed by atoms with van der Waals surface area (Å²) in [7, 11) is 3.87. The number of hydrogen-bond acceptors (Lipinski definition) is 5. The Bertz CT molecular complexity index is 1270. The Kier molecular flexibility index (Phi) is 6.40. The second-order valence-corrected chi connectivity index (χ2v) is 8.82. The lowest BCUT2D eigenvalue weighted by Crippen LogP contribution is -2.32. The largest absolute Gasteiger partial charge is 0.507 e. The number of hydrogen-bond donors (Lipinski definition) is 2. The Hall–Kier alpha value is -3.35. The van der Waals surface area contributed by atoms with Gasteiger partial charge in [0.05, 0.1) is 17.2 Å². The van der Waals surface area contributed by atoms with Crippen molar-refractivity contribution in [3.8, 4) is 5.75 Å². The van der Waals surface area contributed by atoms with E-state index in [4.69, 9.17) is 11.6 Å². The Balaban J connectivity index is 1.87. The van der Waals surface area contributed by atoms with Gasteiger partial charge in [-0.25, -0.2) is 0 Å². The van der Waals surface area contributed by atoms with E-state index in [2.05, 4.69) is 0 Å². The first kappa shape index (κ1) is 22.8. The van der Waals surface area contributed by atoms with E-state index >= 15 is 0 Å². The van der Waals surface area contributed by atoms with E-state index in [0.717, 1.165) is 11.9 Å². The van der Waals surface area contributed by atoms with Gasteiger partial charge in [0.2, 0.25) is 0 Å². The van der Waals surface area contributed by atoms with Crippen molar-refractivity contribution in [2.45, 2.75) is 12.5 Å². The van der Waals surface area contributed by atoms with E-state index < -0.39 is 23.5 Å². The fourth-order valence-corrected chi connectivity index (χ4v) is 4.48. The lowest BCUT2D eigenvalue weighted by molar-refractivity contribution is -0.139. The number of aromatic hydroxyl groups is 1. The Morgan fingerprint density at radius 2 is 1.82 bits per heavy atom. The zero-order chi connectivity index (χ0) is 23.7. The van der Waals surface area contributed by atoms with Crippen molar-refractivity contribution in [1.29, 1.82) is 0 Å². The molecule has 1 saturated heterocycles. The average molecular weight is 465 g/mol. The number of halogens is 1. The highest BCUT2D eigenvalue weighted by Crippen LogP contribution is 2.42. The summed E-state index contributed by atoms with van der Waals surface area (Å²) in [6.07, 6.45) is 0.651. The first-order valence-corrected chi connectivity index (χ1v) is 11.1. The number of ketones is 1. The van der Waals surface area contributed by atoms with E-state index in [0.29, 0.717) is 28.9 Å². The summed E-state index contributed by atoms with van der Waals surface area (Å²) in [6, 6.07) is 16.6. The second-order valence-electron chi connectivity index (χ2n) is 8.39. The summed E-state index contributed by atoms with van der Waals surface area (Å²) >= 11 is 6.21. The van der Waals surface area contributed by atoms with Gasteiger partial charge in [-0.3, -0.25) is 9.59 Å². The number of carbonyl (C=O) groups excluding carboxylic acids is 2. The van der Waals surface area contributed by atoms with Gasteiger partial charge in [0.1, 0.15) is 11.5 Å². The van der Waals surface area contributed by atoms with E-state index in [-0.39, 0.29) is 16.9 Å². The highest BCUT2D eigenvalue weighted by atomic mass is 35.5. The number of carbonyl (C=O) groups is 2. The molecule has 2 N–H and O–H groups in total. The molecule has 1 aliphatic rings. The molecule has 0 radical (unpaired) electrons. The zero-order valence-electron chi connectivity index (χ0n) is 18.5. The van der Waals surface area contributed by atoms with Gasteiger partial charge in [0.25, 0.3) is 11.7 Å².